The number of nitrogens with zero attached hydrogens (tertiary/aromatic N) is 2. The third-order valence-electron chi connectivity index (χ3n) is 4.01. The summed E-state index contributed by atoms with van der Waals surface area (Å²) in [6, 6.07) is 5.38. The Morgan fingerprint density at radius 3 is 2.89 bits per heavy atom. The molecule has 0 radical (unpaired) electrons. The minimum absolute atomic E-state index is 0.0489. The van der Waals surface area contributed by atoms with Gasteiger partial charge in [0.05, 0.1) is 18.9 Å². The van der Waals surface area contributed by atoms with Gasteiger partial charge in [-0.3, -0.25) is 10.2 Å². The minimum atomic E-state index is -0.124. The second-order valence-corrected chi connectivity index (χ2v) is 6.84. The SMILES string of the molecule is CCOc1cc(/C=N\NC(=S)NC[C@H]2CCCO2)ccc1OCC(=O)N(C)C. The van der Waals surface area contributed by atoms with Crippen molar-refractivity contribution in [1.29, 1.82) is 0 Å². The van der Waals surface area contributed by atoms with Crippen LogP contribution in [0.2, 0.25) is 0 Å². The van der Waals surface area contributed by atoms with Gasteiger partial charge in [-0.1, -0.05) is 0 Å². The summed E-state index contributed by atoms with van der Waals surface area (Å²) >= 11 is 5.20. The van der Waals surface area contributed by atoms with Crippen molar-refractivity contribution in [3.05, 3.63) is 23.8 Å². The van der Waals surface area contributed by atoms with Gasteiger partial charge >= 0.3 is 0 Å². The average Bonchev–Trinajstić information content (AvgIpc) is 3.19. The van der Waals surface area contributed by atoms with Crippen LogP contribution in [-0.2, 0) is 9.53 Å². The van der Waals surface area contributed by atoms with Crippen LogP contribution >= 0.6 is 12.2 Å². The van der Waals surface area contributed by atoms with Gasteiger partial charge in [0.2, 0.25) is 0 Å². The third-order valence-corrected chi connectivity index (χ3v) is 4.25. The number of rotatable bonds is 9. The summed E-state index contributed by atoms with van der Waals surface area (Å²) in [6.07, 6.45) is 3.99. The second kappa shape index (κ2) is 11.5. The normalized spacial score (nSPS) is 16.0. The van der Waals surface area contributed by atoms with Gasteiger partial charge in [-0.2, -0.15) is 5.10 Å². The van der Waals surface area contributed by atoms with E-state index in [2.05, 4.69) is 15.8 Å². The predicted octanol–water partition coefficient (Wildman–Crippen LogP) is 1.53. The molecule has 2 N–H and O–H groups in total. The number of likely N-dealkylation sites (N-methyl/N-ethyl adjacent to an activating group) is 1. The molecule has 0 spiro atoms. The molecule has 1 saturated heterocycles. The molecule has 1 aromatic carbocycles. The van der Waals surface area contributed by atoms with E-state index in [9.17, 15) is 4.79 Å². The summed E-state index contributed by atoms with van der Waals surface area (Å²) < 4.78 is 16.7. The van der Waals surface area contributed by atoms with Crippen LogP contribution in [0, 0.1) is 0 Å². The molecule has 0 aromatic heterocycles. The highest BCUT2D eigenvalue weighted by Gasteiger charge is 2.15. The lowest BCUT2D eigenvalue weighted by Gasteiger charge is -2.14. The number of hydrogen-bond acceptors (Lipinski definition) is 6. The molecule has 1 amide bonds. The Bertz CT molecular complexity index is 691. The molecule has 0 bridgehead atoms. The maximum Gasteiger partial charge on any atom is 0.259 e. The van der Waals surface area contributed by atoms with Gasteiger partial charge in [0.25, 0.3) is 5.91 Å². The zero-order chi connectivity index (χ0) is 20.4. The van der Waals surface area contributed by atoms with Gasteiger partial charge in [-0.25, -0.2) is 0 Å². The Hall–Kier alpha value is -2.39. The third kappa shape index (κ3) is 7.32. The van der Waals surface area contributed by atoms with Gasteiger partial charge in [-0.05, 0) is 55.7 Å². The van der Waals surface area contributed by atoms with Crippen LogP contribution in [0.4, 0.5) is 0 Å². The fraction of sp³-hybridized carbons (Fsp3) is 0.526. The molecule has 2 rings (SSSR count). The number of thiocarbonyl (C=S) groups is 1. The lowest BCUT2D eigenvalue weighted by Crippen LogP contribution is -2.37. The fourth-order valence-electron chi connectivity index (χ4n) is 2.48. The Kier molecular flexibility index (Phi) is 8.96. The van der Waals surface area contributed by atoms with E-state index in [1.165, 1.54) is 4.90 Å². The number of nitrogens with one attached hydrogen (secondary N) is 2. The summed E-state index contributed by atoms with van der Waals surface area (Å²) in [6.45, 7) is 3.81. The molecule has 1 aliphatic rings. The standard InChI is InChI=1S/C19H28N4O4S/c1-4-25-17-10-14(7-8-16(17)27-13-18(24)23(2)3)11-21-22-19(28)20-12-15-6-5-9-26-15/h7-8,10-11,15H,4-6,9,12-13H2,1-3H3,(H2,20,22,28)/b21-11-/t15-/m1/s1. The van der Waals surface area contributed by atoms with E-state index in [4.69, 9.17) is 26.4 Å². The number of benzene rings is 1. The molecular weight excluding hydrogens is 380 g/mol. The van der Waals surface area contributed by atoms with Crippen LogP contribution < -0.4 is 20.2 Å². The smallest absolute Gasteiger partial charge is 0.259 e. The van der Waals surface area contributed by atoms with E-state index in [0.717, 1.165) is 25.0 Å². The molecule has 0 saturated carbocycles. The zero-order valence-electron chi connectivity index (χ0n) is 16.6. The highest BCUT2D eigenvalue weighted by molar-refractivity contribution is 7.80. The highest BCUT2D eigenvalue weighted by Crippen LogP contribution is 2.28. The predicted molar refractivity (Wildman–Crippen MR) is 112 cm³/mol. The maximum absolute atomic E-state index is 11.7. The molecule has 0 unspecified atom stereocenters. The molecule has 1 fully saturated rings. The van der Waals surface area contributed by atoms with Gasteiger partial charge in [0, 0.05) is 27.2 Å². The Balaban J connectivity index is 1.87. The van der Waals surface area contributed by atoms with Crippen LogP contribution in [0.3, 0.4) is 0 Å². The van der Waals surface area contributed by atoms with Gasteiger partial charge in [-0.15, -0.1) is 0 Å². The first kappa shape index (κ1) is 21.9. The lowest BCUT2D eigenvalue weighted by molar-refractivity contribution is -0.130. The van der Waals surface area contributed by atoms with Crippen LogP contribution in [0.25, 0.3) is 0 Å². The quantitative estimate of drug-likeness (QED) is 0.364. The zero-order valence-corrected chi connectivity index (χ0v) is 17.4. The van der Waals surface area contributed by atoms with Crippen LogP contribution in [-0.4, -0.2) is 68.7 Å². The molecule has 8 nitrogen and oxygen atoms in total. The number of ether oxygens (including phenoxy) is 3. The van der Waals surface area contributed by atoms with Gasteiger partial charge < -0.3 is 24.4 Å². The van der Waals surface area contributed by atoms with Crippen molar-refractivity contribution in [3.63, 3.8) is 0 Å². The van der Waals surface area contributed by atoms with E-state index in [1.54, 1.807) is 32.4 Å². The number of carbonyl (C=O) groups excluding carboxylic acids is 1. The first-order valence-electron chi connectivity index (χ1n) is 9.28. The van der Waals surface area contributed by atoms with E-state index < -0.39 is 0 Å². The maximum atomic E-state index is 11.7. The first-order chi connectivity index (χ1) is 13.5. The van der Waals surface area contributed by atoms with Gasteiger partial charge in [0.15, 0.2) is 23.2 Å². The van der Waals surface area contributed by atoms with E-state index >= 15 is 0 Å². The van der Waals surface area contributed by atoms with E-state index in [1.807, 2.05) is 13.0 Å². The second-order valence-electron chi connectivity index (χ2n) is 6.43. The topological polar surface area (TPSA) is 84.4 Å². The molecule has 154 valence electrons. The summed E-state index contributed by atoms with van der Waals surface area (Å²) in [7, 11) is 3.36. The number of hydrazone groups is 1. The summed E-state index contributed by atoms with van der Waals surface area (Å²) in [4.78, 5) is 13.2. The average molecular weight is 409 g/mol. The first-order valence-corrected chi connectivity index (χ1v) is 9.68. The molecule has 28 heavy (non-hydrogen) atoms. The molecule has 1 aromatic rings. The van der Waals surface area contributed by atoms with Gasteiger partial charge in [0.1, 0.15) is 0 Å². The number of hydrogen-bond donors (Lipinski definition) is 2. The van der Waals surface area contributed by atoms with Crippen LogP contribution in [0.5, 0.6) is 11.5 Å². The minimum Gasteiger partial charge on any atom is -0.490 e. The lowest BCUT2D eigenvalue weighted by atomic mass is 10.2. The molecule has 1 heterocycles. The molecule has 1 atom stereocenters. The van der Waals surface area contributed by atoms with Crippen molar-refractivity contribution in [2.75, 3.05) is 40.5 Å². The summed E-state index contributed by atoms with van der Waals surface area (Å²) in [5, 5.41) is 7.67. The van der Waals surface area contributed by atoms with Crippen molar-refractivity contribution < 1.29 is 19.0 Å². The van der Waals surface area contributed by atoms with Crippen molar-refractivity contribution >= 4 is 29.5 Å². The van der Waals surface area contributed by atoms with Crippen molar-refractivity contribution in [2.24, 2.45) is 5.10 Å². The number of amides is 1. The Morgan fingerprint density at radius 1 is 1.39 bits per heavy atom. The summed E-state index contributed by atoms with van der Waals surface area (Å²) in [5.41, 5.74) is 3.60. The monoisotopic (exact) mass is 408 g/mol. The highest BCUT2D eigenvalue weighted by atomic mass is 32.1. The fourth-order valence-corrected chi connectivity index (χ4v) is 2.61. The molecular formula is C19H28N4O4S. The van der Waals surface area contributed by atoms with Crippen molar-refractivity contribution in [3.8, 4) is 11.5 Å². The largest absolute Gasteiger partial charge is 0.490 e. The van der Waals surface area contributed by atoms with E-state index in [0.29, 0.717) is 29.8 Å². The van der Waals surface area contributed by atoms with Crippen molar-refractivity contribution in [1.82, 2.24) is 15.6 Å². The molecule has 9 heteroatoms. The van der Waals surface area contributed by atoms with E-state index in [-0.39, 0.29) is 18.6 Å². The Morgan fingerprint density at radius 2 is 2.21 bits per heavy atom. The van der Waals surface area contributed by atoms with Crippen LogP contribution in [0.1, 0.15) is 25.3 Å². The van der Waals surface area contributed by atoms with Crippen LogP contribution in [0.15, 0.2) is 23.3 Å². The molecule has 1 aliphatic heterocycles. The Labute approximate surface area is 171 Å². The number of carbonyl (C=O) groups is 1. The summed E-state index contributed by atoms with van der Waals surface area (Å²) in [5.74, 6) is 0.939. The molecule has 0 aliphatic carbocycles. The van der Waals surface area contributed by atoms with Crippen molar-refractivity contribution in [2.45, 2.75) is 25.9 Å².